The van der Waals surface area contributed by atoms with Gasteiger partial charge in [0, 0.05) is 106 Å². The molecule has 35 nitrogen and oxygen atoms in total. The first-order valence-electron chi connectivity index (χ1n) is 31.6. The number of hydrogen-bond donors (Lipinski definition) is 9. The number of oxazole rings is 1. The number of aliphatic hydroxyl groups is 3. The van der Waals surface area contributed by atoms with Crippen molar-refractivity contribution in [1.82, 2.24) is 59.0 Å². The van der Waals surface area contributed by atoms with E-state index in [2.05, 4.69) is 31.0 Å². The van der Waals surface area contributed by atoms with Crippen LogP contribution >= 0.6 is 0 Å². The molecule has 5 aromatic heterocycles. The highest BCUT2D eigenvalue weighted by atomic mass is 16.7. The Balaban J connectivity index is 0.791. The van der Waals surface area contributed by atoms with E-state index in [9.17, 15) is 63.6 Å². The van der Waals surface area contributed by atoms with Gasteiger partial charge in [0.25, 0.3) is 17.7 Å². The molecule has 100 heavy (non-hydrogen) atoms. The second kappa shape index (κ2) is 29.6. The second-order valence-corrected chi connectivity index (χ2v) is 23.5. The van der Waals surface area contributed by atoms with Crippen molar-refractivity contribution in [1.29, 1.82) is 0 Å². The molecule has 8 aromatic rings. The van der Waals surface area contributed by atoms with E-state index >= 15 is 0 Å². The maximum Gasteiger partial charge on any atom is 0.410 e. The van der Waals surface area contributed by atoms with Crippen LogP contribution in [0.4, 0.5) is 16.4 Å². The summed E-state index contributed by atoms with van der Waals surface area (Å²) in [4.78, 5) is 140. The number of nitrogens with zero attached hydrogens (tertiary/aromatic N) is 11. The van der Waals surface area contributed by atoms with Gasteiger partial charge in [0.2, 0.25) is 41.6 Å². The third-order valence-electron chi connectivity index (χ3n) is 16.7. The van der Waals surface area contributed by atoms with Crippen molar-refractivity contribution in [3.63, 3.8) is 0 Å². The number of aromatic nitrogens is 9. The van der Waals surface area contributed by atoms with Crippen molar-refractivity contribution in [3.05, 3.63) is 113 Å². The van der Waals surface area contributed by atoms with E-state index < -0.39 is 84.1 Å². The number of fused-ring (bicyclic) bond motifs is 4. The molecule has 8 heterocycles. The first-order valence-corrected chi connectivity index (χ1v) is 31.6. The van der Waals surface area contributed by atoms with Crippen LogP contribution in [0.5, 0.6) is 17.2 Å². The number of ether oxygens (including phenoxy) is 5. The number of rotatable bonds is 28. The molecule has 2 saturated heterocycles. The molecule has 3 aliphatic rings. The van der Waals surface area contributed by atoms with E-state index in [-0.39, 0.29) is 123 Å². The van der Waals surface area contributed by atoms with E-state index in [1.54, 1.807) is 41.4 Å². The number of hydrogen-bond acceptors (Lipinski definition) is 24. The van der Waals surface area contributed by atoms with Crippen LogP contribution in [0, 0.1) is 19.8 Å². The molecule has 8 amide bonds. The Morgan fingerprint density at radius 1 is 0.790 bits per heavy atom. The van der Waals surface area contributed by atoms with E-state index in [1.807, 2.05) is 30.6 Å². The number of aliphatic hydroxyl groups excluding tert-OH is 3. The number of benzene rings is 3. The molecular weight excluding hydrogens is 1310 g/mol. The quantitative estimate of drug-likeness (QED) is 0.0251. The number of allylic oxidation sites excluding steroid dienone is 2. The van der Waals surface area contributed by atoms with Crippen LogP contribution in [0.15, 0.2) is 77.4 Å². The number of carboxylic acid groups (broad SMARTS) is 1. The average Bonchev–Trinajstić information content (AvgIpc) is 1.54. The lowest BCUT2D eigenvalue weighted by Crippen LogP contribution is -2.61. The Kier molecular flexibility index (Phi) is 20.6. The van der Waals surface area contributed by atoms with Crippen molar-refractivity contribution in [3.8, 4) is 28.9 Å². The number of imidazole rings is 1. The van der Waals surface area contributed by atoms with Gasteiger partial charge < -0.3 is 84.7 Å². The zero-order chi connectivity index (χ0) is 71.4. The van der Waals surface area contributed by atoms with Crippen LogP contribution < -0.4 is 41.6 Å². The molecule has 5 atom stereocenters. The predicted octanol–water partition coefficient (Wildman–Crippen LogP) is 2.16. The van der Waals surface area contributed by atoms with Crippen LogP contribution in [-0.4, -0.2) is 198 Å². The fraction of sp³-hybridized carbons (Fsp3) is 0.369. The number of anilines is 2. The lowest BCUT2D eigenvalue weighted by molar-refractivity contribution is -0.271. The molecule has 35 heteroatoms. The van der Waals surface area contributed by atoms with Gasteiger partial charge in [-0.1, -0.05) is 25.1 Å². The zero-order valence-electron chi connectivity index (χ0n) is 54.6. The topological polar surface area (TPSA) is 481 Å². The fourth-order valence-electron chi connectivity index (χ4n) is 11.6. The first kappa shape index (κ1) is 69.7. The van der Waals surface area contributed by atoms with E-state index in [1.165, 1.54) is 42.3 Å². The van der Waals surface area contributed by atoms with Gasteiger partial charge in [-0.05, 0) is 74.6 Å². The number of nitrogens with two attached hydrogens (primary N) is 2. The van der Waals surface area contributed by atoms with Crippen LogP contribution in [0.2, 0.25) is 0 Å². The molecular formula is C65H70N16O19. The number of likely N-dealkylation sites (tertiary alicyclic amines) is 1. The summed E-state index contributed by atoms with van der Waals surface area (Å²) < 4.78 is 40.0. The maximum absolute atomic E-state index is 13.8. The van der Waals surface area contributed by atoms with Gasteiger partial charge in [-0.2, -0.15) is 5.10 Å². The van der Waals surface area contributed by atoms with E-state index in [0.717, 1.165) is 17.1 Å². The average molecular weight is 1380 g/mol. The minimum atomic E-state index is -2.02. The summed E-state index contributed by atoms with van der Waals surface area (Å²) >= 11 is 0. The molecule has 3 aliphatic heterocycles. The van der Waals surface area contributed by atoms with Crippen LogP contribution in [0.3, 0.4) is 0 Å². The largest absolute Gasteiger partial charge is 0.494 e. The zero-order valence-corrected chi connectivity index (χ0v) is 54.6. The number of carbonyl (C=O) groups is 9. The van der Waals surface area contributed by atoms with Crippen LogP contribution in [0.1, 0.15) is 87.4 Å². The molecule has 3 aromatic carbocycles. The summed E-state index contributed by atoms with van der Waals surface area (Å²) in [6, 6.07) is 10.2. The molecule has 0 bridgehead atoms. The van der Waals surface area contributed by atoms with E-state index in [4.69, 9.17) is 54.5 Å². The Labute approximate surface area is 566 Å². The van der Waals surface area contributed by atoms with Crippen molar-refractivity contribution < 1.29 is 91.7 Å². The second-order valence-electron chi connectivity index (χ2n) is 23.5. The number of imide groups is 1. The Morgan fingerprint density at radius 2 is 1.51 bits per heavy atom. The standard InChI is InChI=1S/C65H70N16O19/c1-6-39-54(98-32(4)71-39)61(91)75-64-73-41-24-36(57(67)90)25-43(95-5)50(41)80(64)19-9-8-18-79-49-37(38-27-69-58(74-59(38)79)60-70-31(3)76-81(60)7-2)23-35(56(66)89)26-44(49)96-21-16-34-28-77(29-34)65(94)97-30-33-10-11-42(99-63-53(88)51(86)52(87)55(100-63)62(92)93)40(22-33)72-46(83)14-17-68-45(82)15-20-78-47(84)12-13-48(78)85/h8-13,22-27,34,51-53,55,63,86-88H,6-7,14-21,28-30H2,1-5H3,(H2,66,89)(H2,67,90)(H,68,82)(H,72,83)(H,92,93)(H,73,75,91)/b9-8+/t51-,52-,53+,55-,63+/m0/s1. The van der Waals surface area contributed by atoms with Gasteiger partial charge in [0.05, 0.1) is 36.1 Å². The molecule has 0 spiro atoms. The Hall–Kier alpha value is -11.7. The number of carbonyl (C=O) groups excluding carboxylic acids is 8. The van der Waals surface area contributed by atoms with Crippen molar-refractivity contribution in [2.24, 2.45) is 17.4 Å². The van der Waals surface area contributed by atoms with Gasteiger partial charge in [-0.25, -0.2) is 39.2 Å². The summed E-state index contributed by atoms with van der Waals surface area (Å²) in [5.41, 5.74) is 14.3. The van der Waals surface area contributed by atoms with Gasteiger partial charge in [0.15, 0.2) is 23.6 Å². The smallest absolute Gasteiger partial charge is 0.410 e. The van der Waals surface area contributed by atoms with E-state index in [0.29, 0.717) is 81.2 Å². The van der Waals surface area contributed by atoms with Crippen molar-refractivity contribution in [2.75, 3.05) is 50.5 Å². The third-order valence-corrected chi connectivity index (χ3v) is 16.7. The molecule has 0 unspecified atom stereocenters. The Bertz CT molecular complexity index is 4620. The van der Waals surface area contributed by atoms with Crippen LogP contribution in [0.25, 0.3) is 44.6 Å². The van der Waals surface area contributed by atoms with Crippen molar-refractivity contribution in [2.45, 2.75) is 110 Å². The minimum absolute atomic E-state index is 0.0102. The molecule has 524 valence electrons. The normalized spacial score (nSPS) is 17.7. The van der Waals surface area contributed by atoms with Crippen LogP contribution in [-0.2, 0) is 66.1 Å². The summed E-state index contributed by atoms with van der Waals surface area (Å²) in [7, 11) is 1.43. The fourth-order valence-corrected chi connectivity index (χ4v) is 11.6. The van der Waals surface area contributed by atoms with Gasteiger partial charge in [-0.15, -0.1) is 0 Å². The number of primary amides is 2. The molecule has 2 fully saturated rings. The number of amides is 8. The number of aliphatic carboxylic acids is 1. The minimum Gasteiger partial charge on any atom is -0.494 e. The molecule has 0 aliphatic carbocycles. The van der Waals surface area contributed by atoms with Gasteiger partial charge in [0.1, 0.15) is 59.2 Å². The first-order chi connectivity index (χ1) is 47.9. The number of carboxylic acids is 1. The summed E-state index contributed by atoms with van der Waals surface area (Å²) in [5, 5.41) is 54.6. The Morgan fingerprint density at radius 3 is 2.21 bits per heavy atom. The SMILES string of the molecule is CCc1nc(C)oc1C(=O)Nc1nc2cc(C(N)=O)cc(OC)c2n1C/C=C/Cn1c2nc(-c3nc(C)nn3CC)ncc2c2cc(C(N)=O)cc(OCCC3CN(C(=O)OCc4ccc(O[C@@H]5O[C@H](C(=O)O)[C@@H](O)[C@H](O)[C@H]5O)c(NC(=O)CCNC(=O)CCN5C(=O)C=CC5=O)c4)C3)c21. The highest BCUT2D eigenvalue weighted by Gasteiger charge is 2.48. The highest BCUT2D eigenvalue weighted by Crippen LogP contribution is 2.38. The highest BCUT2D eigenvalue weighted by molar-refractivity contribution is 6.13. The molecule has 11 rings (SSSR count). The molecule has 0 radical (unpaired) electrons. The summed E-state index contributed by atoms with van der Waals surface area (Å²) in [6.45, 7) is 7.72. The molecule has 11 N–H and O–H groups in total. The number of nitrogens with one attached hydrogen (secondary N) is 3. The van der Waals surface area contributed by atoms with Crippen molar-refractivity contribution >= 4 is 98.0 Å². The maximum atomic E-state index is 13.8. The van der Waals surface area contributed by atoms with Gasteiger partial charge >= 0.3 is 12.1 Å². The van der Waals surface area contributed by atoms with Gasteiger partial charge in [-0.3, -0.25) is 43.8 Å². The molecule has 0 saturated carbocycles. The number of aryl methyl sites for hydroxylation is 4. The number of methoxy groups -OCH3 is 1. The summed E-state index contributed by atoms with van der Waals surface area (Å²) in [5.74, 6) is -4.26. The monoisotopic (exact) mass is 1380 g/mol. The lowest BCUT2D eigenvalue weighted by Gasteiger charge is -2.38. The lowest BCUT2D eigenvalue weighted by atomic mass is 9.97. The third kappa shape index (κ3) is 14.8. The predicted molar refractivity (Wildman–Crippen MR) is 349 cm³/mol. The summed E-state index contributed by atoms with van der Waals surface area (Å²) in [6.07, 6.45) is -2.81.